The largest absolute Gasteiger partial charge is 0.227 e. The zero-order chi connectivity index (χ0) is 18.4. The molecule has 27 heavy (non-hydrogen) atoms. The number of rotatable bonds is 2. The molecule has 2 atom stereocenters. The van der Waals surface area contributed by atoms with Crippen molar-refractivity contribution in [3.63, 3.8) is 0 Å². The third-order valence-corrected chi connectivity index (χ3v) is 7.74. The minimum absolute atomic E-state index is 0.636. The summed E-state index contributed by atoms with van der Waals surface area (Å²) in [6.45, 7) is 0. The molecular formula is C24H18O2S. The predicted octanol–water partition coefficient (Wildman–Crippen LogP) is 5.45. The molecule has 4 aromatic rings. The van der Waals surface area contributed by atoms with Gasteiger partial charge in [0.15, 0.2) is 9.84 Å². The maximum Gasteiger partial charge on any atom is 0.172 e. The Morgan fingerprint density at radius 2 is 0.889 bits per heavy atom. The molecule has 0 aromatic heterocycles. The first-order valence-electron chi connectivity index (χ1n) is 9.01. The Morgan fingerprint density at radius 1 is 0.519 bits per heavy atom. The van der Waals surface area contributed by atoms with Gasteiger partial charge in [-0.2, -0.15) is 0 Å². The van der Waals surface area contributed by atoms with Gasteiger partial charge in [0, 0.05) is 0 Å². The predicted molar refractivity (Wildman–Crippen MR) is 109 cm³/mol. The summed E-state index contributed by atoms with van der Waals surface area (Å²) >= 11 is 0. The van der Waals surface area contributed by atoms with Crippen molar-refractivity contribution in [3.05, 3.63) is 119 Å². The van der Waals surface area contributed by atoms with Crippen LogP contribution in [0.3, 0.4) is 0 Å². The SMILES string of the molecule is O=S1(=O)C(c2ccccc2)c2cc3ccccc3cc2C1c1ccccc1. The average molecular weight is 370 g/mol. The van der Waals surface area contributed by atoms with Crippen molar-refractivity contribution in [1.29, 1.82) is 0 Å². The highest BCUT2D eigenvalue weighted by Crippen LogP contribution is 2.52. The lowest BCUT2D eigenvalue weighted by atomic mass is 9.92. The minimum Gasteiger partial charge on any atom is -0.227 e. The fraction of sp³-hybridized carbons (Fsp3) is 0.0833. The van der Waals surface area contributed by atoms with Gasteiger partial charge in [-0.15, -0.1) is 0 Å². The number of sulfone groups is 1. The highest BCUT2D eigenvalue weighted by molar-refractivity contribution is 7.92. The lowest BCUT2D eigenvalue weighted by molar-refractivity contribution is 0.588. The van der Waals surface area contributed by atoms with E-state index in [0.29, 0.717) is 0 Å². The fourth-order valence-electron chi connectivity index (χ4n) is 4.21. The molecule has 0 bridgehead atoms. The van der Waals surface area contributed by atoms with Crippen LogP contribution in [0.25, 0.3) is 10.8 Å². The zero-order valence-electron chi connectivity index (χ0n) is 14.6. The van der Waals surface area contributed by atoms with Crippen molar-refractivity contribution >= 4 is 20.6 Å². The maximum atomic E-state index is 13.7. The molecule has 3 heteroatoms. The smallest absolute Gasteiger partial charge is 0.172 e. The Kier molecular flexibility index (Phi) is 3.66. The standard InChI is InChI=1S/C24H18O2S/c25-27(26)23(17-9-3-1-4-10-17)21-15-19-13-7-8-14-20(19)16-22(21)24(27)18-11-5-2-6-12-18/h1-16,23-24H. The molecule has 0 radical (unpaired) electrons. The van der Waals surface area contributed by atoms with E-state index in [9.17, 15) is 8.42 Å². The van der Waals surface area contributed by atoms with Crippen molar-refractivity contribution in [2.45, 2.75) is 10.5 Å². The minimum atomic E-state index is -3.47. The van der Waals surface area contributed by atoms with Crippen molar-refractivity contribution in [3.8, 4) is 0 Å². The van der Waals surface area contributed by atoms with E-state index in [2.05, 4.69) is 12.1 Å². The molecule has 2 nitrogen and oxygen atoms in total. The second-order valence-corrected chi connectivity index (χ2v) is 9.12. The first kappa shape index (κ1) is 16.3. The summed E-state index contributed by atoms with van der Waals surface area (Å²) in [6.07, 6.45) is 0. The van der Waals surface area contributed by atoms with Crippen LogP contribution in [0.1, 0.15) is 32.8 Å². The highest BCUT2D eigenvalue weighted by Gasteiger charge is 2.46. The van der Waals surface area contributed by atoms with E-state index in [0.717, 1.165) is 33.0 Å². The first-order chi connectivity index (χ1) is 13.2. The van der Waals surface area contributed by atoms with Crippen molar-refractivity contribution in [2.24, 2.45) is 0 Å². The van der Waals surface area contributed by atoms with E-state index in [1.54, 1.807) is 0 Å². The highest BCUT2D eigenvalue weighted by atomic mass is 32.2. The molecule has 1 aliphatic heterocycles. The van der Waals surface area contributed by atoms with Crippen molar-refractivity contribution in [1.82, 2.24) is 0 Å². The van der Waals surface area contributed by atoms with E-state index < -0.39 is 20.3 Å². The molecule has 5 rings (SSSR count). The topological polar surface area (TPSA) is 34.1 Å². The summed E-state index contributed by atoms with van der Waals surface area (Å²) in [5.74, 6) is 0. The molecule has 2 unspecified atom stereocenters. The third kappa shape index (κ3) is 2.50. The van der Waals surface area contributed by atoms with E-state index in [-0.39, 0.29) is 0 Å². The lowest BCUT2D eigenvalue weighted by Gasteiger charge is -2.15. The van der Waals surface area contributed by atoms with Crippen LogP contribution in [0.2, 0.25) is 0 Å². The van der Waals surface area contributed by atoms with Crippen LogP contribution >= 0.6 is 0 Å². The van der Waals surface area contributed by atoms with Gasteiger partial charge in [-0.25, -0.2) is 8.42 Å². The first-order valence-corrected chi connectivity index (χ1v) is 10.6. The summed E-state index contributed by atoms with van der Waals surface area (Å²) in [7, 11) is -3.47. The molecule has 0 saturated carbocycles. The van der Waals surface area contributed by atoms with Gasteiger partial charge >= 0.3 is 0 Å². The van der Waals surface area contributed by atoms with Gasteiger partial charge in [0.25, 0.3) is 0 Å². The summed E-state index contributed by atoms with van der Waals surface area (Å²) in [5.41, 5.74) is 3.45. The molecule has 0 aliphatic carbocycles. The summed E-state index contributed by atoms with van der Waals surface area (Å²) in [4.78, 5) is 0. The van der Waals surface area contributed by atoms with E-state index in [1.165, 1.54) is 0 Å². The number of hydrogen-bond acceptors (Lipinski definition) is 2. The number of benzene rings is 4. The monoisotopic (exact) mass is 370 g/mol. The molecule has 0 spiro atoms. The van der Waals surface area contributed by atoms with Crippen molar-refractivity contribution in [2.75, 3.05) is 0 Å². The second kappa shape index (κ2) is 6.07. The van der Waals surface area contributed by atoms with Gasteiger partial charge in [-0.1, -0.05) is 84.9 Å². The molecular weight excluding hydrogens is 352 g/mol. The van der Waals surface area contributed by atoms with Crippen LogP contribution in [-0.2, 0) is 9.84 Å². The van der Waals surface area contributed by atoms with Gasteiger partial charge in [-0.05, 0) is 45.2 Å². The molecule has 0 amide bonds. The van der Waals surface area contributed by atoms with Gasteiger partial charge in [0.2, 0.25) is 0 Å². The molecule has 0 N–H and O–H groups in total. The Hall–Kier alpha value is -2.91. The Labute approximate surface area is 159 Å². The van der Waals surface area contributed by atoms with E-state index >= 15 is 0 Å². The summed E-state index contributed by atoms with van der Waals surface area (Å²) in [5, 5.41) is 0.870. The quantitative estimate of drug-likeness (QED) is 0.470. The van der Waals surface area contributed by atoms with Crippen LogP contribution < -0.4 is 0 Å². The Morgan fingerprint density at radius 3 is 1.30 bits per heavy atom. The van der Waals surface area contributed by atoms with Crippen LogP contribution in [-0.4, -0.2) is 8.42 Å². The molecule has 4 aromatic carbocycles. The number of hydrogen-bond donors (Lipinski definition) is 0. The molecule has 0 saturated heterocycles. The van der Waals surface area contributed by atoms with Gasteiger partial charge in [-0.3, -0.25) is 0 Å². The van der Waals surface area contributed by atoms with E-state index in [4.69, 9.17) is 0 Å². The third-order valence-electron chi connectivity index (χ3n) is 5.38. The van der Waals surface area contributed by atoms with Gasteiger partial charge < -0.3 is 0 Å². The summed E-state index contributed by atoms with van der Waals surface area (Å²) < 4.78 is 27.5. The normalized spacial score (nSPS) is 20.4. The van der Waals surface area contributed by atoms with Crippen LogP contribution in [0.4, 0.5) is 0 Å². The van der Waals surface area contributed by atoms with Crippen molar-refractivity contribution < 1.29 is 8.42 Å². The molecule has 1 heterocycles. The average Bonchev–Trinajstić information content (AvgIpc) is 2.92. The zero-order valence-corrected chi connectivity index (χ0v) is 15.4. The van der Waals surface area contributed by atoms with Crippen LogP contribution in [0, 0.1) is 0 Å². The maximum absolute atomic E-state index is 13.7. The number of fused-ring (bicyclic) bond motifs is 2. The molecule has 1 aliphatic rings. The molecule has 132 valence electrons. The molecule has 0 fully saturated rings. The Balaban J connectivity index is 1.85. The fourth-order valence-corrected chi connectivity index (χ4v) is 6.68. The van der Waals surface area contributed by atoms with E-state index in [1.807, 2.05) is 84.9 Å². The van der Waals surface area contributed by atoms with Crippen LogP contribution in [0.15, 0.2) is 97.1 Å². The van der Waals surface area contributed by atoms with Crippen LogP contribution in [0.5, 0.6) is 0 Å². The summed E-state index contributed by atoms with van der Waals surface area (Å²) in [6, 6.07) is 31.3. The lowest BCUT2D eigenvalue weighted by Crippen LogP contribution is -2.14. The van der Waals surface area contributed by atoms with Gasteiger partial charge in [0.1, 0.15) is 10.5 Å². The van der Waals surface area contributed by atoms with Gasteiger partial charge in [0.05, 0.1) is 0 Å². The second-order valence-electron chi connectivity index (χ2n) is 7.00. The Bertz CT molecular complexity index is 1140.